The molecule has 1 unspecified atom stereocenters. The third kappa shape index (κ3) is 3.49. The molecule has 0 spiro atoms. The van der Waals surface area contributed by atoms with Crippen molar-refractivity contribution in [2.24, 2.45) is 5.73 Å². The minimum Gasteiger partial charge on any atom is -0.318 e. The second-order valence-electron chi connectivity index (χ2n) is 4.78. The normalized spacial score (nSPS) is 12.9. The van der Waals surface area contributed by atoms with E-state index >= 15 is 0 Å². The van der Waals surface area contributed by atoms with Crippen molar-refractivity contribution in [2.75, 3.05) is 20.6 Å². The molecule has 0 saturated heterocycles. The van der Waals surface area contributed by atoms with Crippen LogP contribution >= 0.6 is 23.2 Å². The topological polar surface area (TPSA) is 60.0 Å². The molecule has 0 aliphatic heterocycles. The molecule has 0 fully saturated rings. The van der Waals surface area contributed by atoms with Gasteiger partial charge in [-0.2, -0.15) is 5.10 Å². The van der Waals surface area contributed by atoms with Crippen molar-refractivity contribution in [1.29, 1.82) is 0 Å². The highest BCUT2D eigenvalue weighted by atomic mass is 35.5. The Hall–Kier alpha value is -1.14. The summed E-state index contributed by atoms with van der Waals surface area (Å²) in [5, 5.41) is 5.40. The summed E-state index contributed by atoms with van der Waals surface area (Å²) < 4.78 is 1.82. The lowest BCUT2D eigenvalue weighted by Crippen LogP contribution is -2.24. The summed E-state index contributed by atoms with van der Waals surface area (Å²) in [6, 6.07) is 3.13. The molecule has 2 aromatic heterocycles. The Balaban J connectivity index is 2.26. The summed E-state index contributed by atoms with van der Waals surface area (Å²) in [4.78, 5) is 6.32. The molecule has 0 aromatic carbocycles. The van der Waals surface area contributed by atoms with Crippen LogP contribution in [0.15, 0.2) is 24.5 Å². The first-order valence-electron chi connectivity index (χ1n) is 6.22. The summed E-state index contributed by atoms with van der Waals surface area (Å²) in [5.41, 5.74) is 7.73. The van der Waals surface area contributed by atoms with Gasteiger partial charge in [-0.15, -0.1) is 0 Å². The second kappa shape index (κ2) is 6.54. The highest BCUT2D eigenvalue weighted by molar-refractivity contribution is 6.31. The Morgan fingerprint density at radius 3 is 2.65 bits per heavy atom. The van der Waals surface area contributed by atoms with Crippen molar-refractivity contribution in [1.82, 2.24) is 19.7 Å². The molecular weight excluding hydrogens is 297 g/mol. The average molecular weight is 314 g/mol. The van der Waals surface area contributed by atoms with Gasteiger partial charge >= 0.3 is 0 Å². The predicted molar refractivity (Wildman–Crippen MR) is 81.1 cm³/mol. The SMILES string of the molecule is CN(C)CCn1ncc(Cl)c1C(N)c1ccc(Cl)cn1. The summed E-state index contributed by atoms with van der Waals surface area (Å²) >= 11 is 12.0. The van der Waals surface area contributed by atoms with E-state index in [-0.39, 0.29) is 0 Å². The van der Waals surface area contributed by atoms with E-state index in [4.69, 9.17) is 28.9 Å². The Labute approximate surface area is 128 Å². The Kier molecular flexibility index (Phi) is 4.99. The Morgan fingerprint density at radius 1 is 1.30 bits per heavy atom. The maximum Gasteiger partial charge on any atom is 0.0912 e. The van der Waals surface area contributed by atoms with Gasteiger partial charge < -0.3 is 10.6 Å². The minimum atomic E-state index is -0.426. The van der Waals surface area contributed by atoms with Crippen LogP contribution in [0.4, 0.5) is 0 Å². The highest BCUT2D eigenvalue weighted by Gasteiger charge is 2.19. The van der Waals surface area contributed by atoms with Crippen LogP contribution in [0.1, 0.15) is 17.4 Å². The molecule has 2 heterocycles. The van der Waals surface area contributed by atoms with E-state index in [0.717, 1.165) is 18.8 Å². The van der Waals surface area contributed by atoms with E-state index in [2.05, 4.69) is 15.0 Å². The maximum absolute atomic E-state index is 6.25. The smallest absolute Gasteiger partial charge is 0.0912 e. The zero-order chi connectivity index (χ0) is 14.7. The number of hydrogen-bond donors (Lipinski definition) is 1. The summed E-state index contributed by atoms with van der Waals surface area (Å²) in [7, 11) is 4.01. The first-order chi connectivity index (χ1) is 9.49. The second-order valence-corrected chi connectivity index (χ2v) is 5.63. The Morgan fingerprint density at radius 2 is 2.05 bits per heavy atom. The third-order valence-corrected chi connectivity index (χ3v) is 3.47. The van der Waals surface area contributed by atoms with Gasteiger partial charge in [0.05, 0.1) is 40.2 Å². The van der Waals surface area contributed by atoms with Crippen LogP contribution in [-0.4, -0.2) is 40.3 Å². The first kappa shape index (κ1) is 15.3. The molecule has 108 valence electrons. The van der Waals surface area contributed by atoms with Crippen molar-refractivity contribution >= 4 is 23.2 Å². The molecule has 0 radical (unpaired) electrons. The maximum atomic E-state index is 6.25. The molecule has 0 aliphatic carbocycles. The summed E-state index contributed by atoms with van der Waals surface area (Å²) in [6.45, 7) is 1.57. The molecule has 0 bridgehead atoms. The summed E-state index contributed by atoms with van der Waals surface area (Å²) in [5.74, 6) is 0. The van der Waals surface area contributed by atoms with Crippen LogP contribution in [0.25, 0.3) is 0 Å². The van der Waals surface area contributed by atoms with Gasteiger partial charge in [-0.05, 0) is 26.2 Å². The average Bonchev–Trinajstić information content (AvgIpc) is 2.77. The molecule has 0 aliphatic rings. The van der Waals surface area contributed by atoms with Crippen LogP contribution in [-0.2, 0) is 6.54 Å². The van der Waals surface area contributed by atoms with Crippen LogP contribution in [0.5, 0.6) is 0 Å². The van der Waals surface area contributed by atoms with Crippen LogP contribution in [0.3, 0.4) is 0 Å². The number of pyridine rings is 1. The van der Waals surface area contributed by atoms with E-state index in [0.29, 0.717) is 15.7 Å². The standard InChI is InChI=1S/C13H17Cl2N5/c1-19(2)5-6-20-13(10(15)8-18-20)12(16)11-4-3-9(14)7-17-11/h3-4,7-8,12H,5-6,16H2,1-2H3. The lowest BCUT2D eigenvalue weighted by molar-refractivity contribution is 0.368. The lowest BCUT2D eigenvalue weighted by atomic mass is 10.1. The lowest BCUT2D eigenvalue weighted by Gasteiger charge is -2.16. The number of likely N-dealkylation sites (N-methyl/N-ethyl adjacent to an activating group) is 1. The number of rotatable bonds is 5. The highest BCUT2D eigenvalue weighted by Crippen LogP contribution is 2.25. The van der Waals surface area contributed by atoms with Crippen LogP contribution in [0, 0.1) is 0 Å². The predicted octanol–water partition coefficient (Wildman–Crippen LogP) is 2.19. The van der Waals surface area contributed by atoms with E-state index in [1.807, 2.05) is 18.8 Å². The van der Waals surface area contributed by atoms with Crippen LogP contribution < -0.4 is 5.73 Å². The molecule has 7 heteroatoms. The fourth-order valence-corrected chi connectivity index (χ4v) is 2.24. The molecular formula is C13H17Cl2N5. The van der Waals surface area contributed by atoms with Gasteiger partial charge in [0.15, 0.2) is 0 Å². The molecule has 0 amide bonds. The van der Waals surface area contributed by atoms with Crippen molar-refractivity contribution < 1.29 is 0 Å². The van der Waals surface area contributed by atoms with E-state index in [9.17, 15) is 0 Å². The van der Waals surface area contributed by atoms with Gasteiger partial charge in [0.2, 0.25) is 0 Å². The number of nitrogens with two attached hydrogens (primary N) is 1. The fourth-order valence-electron chi connectivity index (χ4n) is 1.87. The number of hydrogen-bond acceptors (Lipinski definition) is 4. The number of halogens is 2. The van der Waals surface area contributed by atoms with Crippen molar-refractivity contribution in [3.8, 4) is 0 Å². The molecule has 2 aromatic rings. The van der Waals surface area contributed by atoms with Crippen molar-refractivity contribution in [3.63, 3.8) is 0 Å². The third-order valence-electron chi connectivity index (χ3n) is 2.96. The molecule has 5 nitrogen and oxygen atoms in total. The van der Waals surface area contributed by atoms with Gasteiger partial charge in [0, 0.05) is 12.7 Å². The summed E-state index contributed by atoms with van der Waals surface area (Å²) in [6.07, 6.45) is 3.19. The largest absolute Gasteiger partial charge is 0.318 e. The molecule has 1 atom stereocenters. The molecule has 2 N–H and O–H groups in total. The van der Waals surface area contributed by atoms with Gasteiger partial charge in [-0.1, -0.05) is 23.2 Å². The zero-order valence-electron chi connectivity index (χ0n) is 11.4. The molecule has 2 rings (SSSR count). The van der Waals surface area contributed by atoms with Gasteiger partial charge in [-0.25, -0.2) is 0 Å². The van der Waals surface area contributed by atoms with E-state index in [1.54, 1.807) is 24.5 Å². The van der Waals surface area contributed by atoms with E-state index in [1.165, 1.54) is 0 Å². The molecule has 20 heavy (non-hydrogen) atoms. The van der Waals surface area contributed by atoms with Crippen molar-refractivity contribution in [2.45, 2.75) is 12.6 Å². The van der Waals surface area contributed by atoms with Crippen LogP contribution in [0.2, 0.25) is 10.0 Å². The van der Waals surface area contributed by atoms with Gasteiger partial charge in [0.1, 0.15) is 0 Å². The van der Waals surface area contributed by atoms with E-state index < -0.39 is 6.04 Å². The quantitative estimate of drug-likeness (QED) is 0.919. The number of aromatic nitrogens is 3. The monoisotopic (exact) mass is 313 g/mol. The Bertz CT molecular complexity index is 565. The van der Waals surface area contributed by atoms with Gasteiger partial charge in [0.25, 0.3) is 0 Å². The fraction of sp³-hybridized carbons (Fsp3) is 0.385. The number of nitrogens with zero attached hydrogens (tertiary/aromatic N) is 4. The van der Waals surface area contributed by atoms with Crippen molar-refractivity contribution in [3.05, 3.63) is 46.0 Å². The molecule has 0 saturated carbocycles. The van der Waals surface area contributed by atoms with Gasteiger partial charge in [-0.3, -0.25) is 9.67 Å². The first-order valence-corrected chi connectivity index (χ1v) is 6.97. The zero-order valence-corrected chi connectivity index (χ0v) is 12.9. The minimum absolute atomic E-state index is 0.426.